The van der Waals surface area contributed by atoms with Crippen LogP contribution in [0.2, 0.25) is 5.02 Å². The first kappa shape index (κ1) is 13.2. The van der Waals surface area contributed by atoms with Gasteiger partial charge in [-0.2, -0.15) is 5.10 Å². The van der Waals surface area contributed by atoms with Gasteiger partial charge in [-0.05, 0) is 26.2 Å². The largest absolute Gasteiger partial charge is 0.300 e. The first-order chi connectivity index (χ1) is 7.56. The number of aryl methyl sites for hydroxylation is 2. The number of ketones is 1. The molecule has 1 aromatic heterocycles. The quantitative estimate of drug-likeness (QED) is 0.769. The Hall–Kier alpha value is -0.830. The molecule has 1 heterocycles. The van der Waals surface area contributed by atoms with E-state index in [4.69, 9.17) is 11.6 Å². The number of hydrogen-bond acceptors (Lipinski definition) is 2. The Morgan fingerprint density at radius 2 is 2.12 bits per heavy atom. The number of halogens is 1. The van der Waals surface area contributed by atoms with E-state index in [9.17, 15) is 4.79 Å². The summed E-state index contributed by atoms with van der Waals surface area (Å²) in [6.07, 6.45) is 3.96. The zero-order chi connectivity index (χ0) is 12.1. The summed E-state index contributed by atoms with van der Waals surface area (Å²) >= 11 is 6.12. The van der Waals surface area contributed by atoms with Gasteiger partial charge in [-0.15, -0.1) is 0 Å². The molecular weight excluding hydrogens is 224 g/mol. The molecule has 0 spiro atoms. The van der Waals surface area contributed by atoms with Crippen molar-refractivity contribution in [3.63, 3.8) is 0 Å². The minimum atomic E-state index is 0.345. The van der Waals surface area contributed by atoms with Crippen molar-refractivity contribution in [2.24, 2.45) is 7.05 Å². The van der Waals surface area contributed by atoms with Crippen LogP contribution in [0.5, 0.6) is 0 Å². The lowest BCUT2D eigenvalue weighted by molar-refractivity contribution is -0.119. The molecule has 1 rings (SSSR count). The van der Waals surface area contributed by atoms with E-state index in [1.165, 1.54) is 0 Å². The molecule has 3 nitrogen and oxygen atoms in total. The predicted octanol–water partition coefficient (Wildman–Crippen LogP) is 3.07. The molecule has 0 aliphatic heterocycles. The van der Waals surface area contributed by atoms with E-state index in [-0.39, 0.29) is 0 Å². The van der Waals surface area contributed by atoms with Crippen molar-refractivity contribution in [1.29, 1.82) is 0 Å². The average molecular weight is 243 g/mol. The predicted molar refractivity (Wildman–Crippen MR) is 65.8 cm³/mol. The molecule has 0 radical (unpaired) electrons. The number of hydrogen-bond donors (Lipinski definition) is 0. The van der Waals surface area contributed by atoms with Crippen molar-refractivity contribution >= 4 is 17.4 Å². The fraction of sp³-hybridized carbons (Fsp3) is 0.667. The van der Waals surface area contributed by atoms with Gasteiger partial charge in [0.15, 0.2) is 0 Å². The highest BCUT2D eigenvalue weighted by Gasteiger charge is 2.11. The first-order valence-corrected chi connectivity index (χ1v) is 6.13. The van der Waals surface area contributed by atoms with Gasteiger partial charge in [0, 0.05) is 19.9 Å². The van der Waals surface area contributed by atoms with Crippen molar-refractivity contribution in [3.8, 4) is 0 Å². The minimum absolute atomic E-state index is 0.345. The summed E-state index contributed by atoms with van der Waals surface area (Å²) < 4.78 is 1.81. The van der Waals surface area contributed by atoms with Gasteiger partial charge in [0.25, 0.3) is 0 Å². The van der Waals surface area contributed by atoms with Crippen molar-refractivity contribution in [2.75, 3.05) is 0 Å². The van der Waals surface area contributed by atoms with Crippen LogP contribution < -0.4 is 0 Å². The number of carbonyl (C=O) groups is 1. The first-order valence-electron chi connectivity index (χ1n) is 5.76. The highest BCUT2D eigenvalue weighted by molar-refractivity contribution is 6.31. The maximum absolute atomic E-state index is 11.4. The molecule has 0 N–H and O–H groups in total. The zero-order valence-electron chi connectivity index (χ0n) is 10.2. The second-order valence-corrected chi connectivity index (χ2v) is 4.49. The van der Waals surface area contributed by atoms with Crippen molar-refractivity contribution in [1.82, 2.24) is 9.78 Å². The van der Waals surface area contributed by atoms with Crippen molar-refractivity contribution in [2.45, 2.75) is 46.0 Å². The van der Waals surface area contributed by atoms with Crippen LogP contribution in [0.15, 0.2) is 0 Å². The number of carbonyl (C=O) groups excluding carboxylic acids is 1. The van der Waals surface area contributed by atoms with Crippen molar-refractivity contribution in [3.05, 3.63) is 16.4 Å². The van der Waals surface area contributed by atoms with Crippen LogP contribution in [0, 0.1) is 6.92 Å². The molecule has 0 bridgehead atoms. The number of Topliss-reactive ketones (excluding diaryl/α,β-unsaturated/α-hetero) is 1. The summed E-state index contributed by atoms with van der Waals surface area (Å²) in [5, 5.41) is 4.99. The molecule has 0 atom stereocenters. The molecule has 0 aliphatic rings. The highest BCUT2D eigenvalue weighted by atomic mass is 35.5. The Bertz CT molecular complexity index is 371. The molecule has 16 heavy (non-hydrogen) atoms. The molecule has 0 aromatic carbocycles. The second kappa shape index (κ2) is 6.04. The molecule has 4 heteroatoms. The zero-order valence-corrected chi connectivity index (χ0v) is 11.0. The number of aromatic nitrogens is 2. The third-order valence-electron chi connectivity index (χ3n) is 2.66. The van der Waals surface area contributed by atoms with E-state index in [0.717, 1.165) is 35.7 Å². The summed E-state index contributed by atoms with van der Waals surface area (Å²) in [6, 6.07) is 0. The van der Waals surface area contributed by atoms with Crippen molar-refractivity contribution < 1.29 is 4.79 Å². The van der Waals surface area contributed by atoms with Gasteiger partial charge in [-0.3, -0.25) is 9.48 Å². The van der Waals surface area contributed by atoms with Crippen LogP contribution in [0.3, 0.4) is 0 Å². The summed E-state index contributed by atoms with van der Waals surface area (Å²) in [6.45, 7) is 3.92. The van der Waals surface area contributed by atoms with Crippen LogP contribution in [0.1, 0.15) is 44.0 Å². The van der Waals surface area contributed by atoms with E-state index < -0.39 is 0 Å². The van der Waals surface area contributed by atoms with Gasteiger partial charge in [0.1, 0.15) is 5.78 Å². The molecule has 0 fully saturated rings. The monoisotopic (exact) mass is 242 g/mol. The Kier molecular flexibility index (Phi) is 5.00. The molecule has 0 saturated heterocycles. The summed E-state index contributed by atoms with van der Waals surface area (Å²) in [5.41, 5.74) is 1.89. The second-order valence-electron chi connectivity index (χ2n) is 4.11. The Morgan fingerprint density at radius 3 is 2.62 bits per heavy atom. The summed E-state index contributed by atoms with van der Waals surface area (Å²) in [5.74, 6) is 0.345. The normalized spacial score (nSPS) is 10.8. The van der Waals surface area contributed by atoms with Crippen LogP contribution in [-0.4, -0.2) is 15.6 Å². The third kappa shape index (κ3) is 3.34. The van der Waals surface area contributed by atoms with Gasteiger partial charge < -0.3 is 0 Å². The maximum Gasteiger partial charge on any atom is 0.132 e. The van der Waals surface area contributed by atoms with Gasteiger partial charge in [-0.1, -0.05) is 18.5 Å². The lowest BCUT2D eigenvalue weighted by Gasteiger charge is -2.02. The highest BCUT2D eigenvalue weighted by Crippen LogP contribution is 2.21. The van der Waals surface area contributed by atoms with Gasteiger partial charge in [-0.25, -0.2) is 0 Å². The summed E-state index contributed by atoms with van der Waals surface area (Å²) in [4.78, 5) is 11.4. The van der Waals surface area contributed by atoms with Crippen LogP contribution in [0.4, 0.5) is 0 Å². The third-order valence-corrected chi connectivity index (χ3v) is 3.15. The fourth-order valence-corrected chi connectivity index (χ4v) is 2.06. The maximum atomic E-state index is 11.4. The molecule has 0 unspecified atom stereocenters. The Labute approximate surface area is 102 Å². The number of rotatable bonds is 6. The average Bonchev–Trinajstić information content (AvgIpc) is 2.45. The summed E-state index contributed by atoms with van der Waals surface area (Å²) in [7, 11) is 1.89. The molecule has 1 aromatic rings. The standard InChI is InChI=1S/C12H19ClN2O/c1-4-6-10(16)7-5-8-11-12(13)9(2)14-15(11)3/h4-8H2,1-3H3. The lowest BCUT2D eigenvalue weighted by atomic mass is 10.1. The van der Waals surface area contributed by atoms with E-state index in [1.807, 2.05) is 25.6 Å². The Morgan fingerprint density at radius 1 is 1.44 bits per heavy atom. The molecule has 0 aliphatic carbocycles. The van der Waals surface area contributed by atoms with E-state index in [1.54, 1.807) is 0 Å². The molecular formula is C12H19ClN2O. The van der Waals surface area contributed by atoms with Gasteiger partial charge >= 0.3 is 0 Å². The van der Waals surface area contributed by atoms with Crippen LogP contribution >= 0.6 is 11.6 Å². The smallest absolute Gasteiger partial charge is 0.132 e. The Balaban J connectivity index is 2.46. The van der Waals surface area contributed by atoms with Crippen LogP contribution in [0.25, 0.3) is 0 Å². The van der Waals surface area contributed by atoms with Gasteiger partial charge in [0.2, 0.25) is 0 Å². The van der Waals surface area contributed by atoms with Crippen LogP contribution in [-0.2, 0) is 18.3 Å². The molecule has 90 valence electrons. The van der Waals surface area contributed by atoms with E-state index in [2.05, 4.69) is 5.10 Å². The van der Waals surface area contributed by atoms with E-state index >= 15 is 0 Å². The number of nitrogens with zero attached hydrogens (tertiary/aromatic N) is 2. The fourth-order valence-electron chi connectivity index (χ4n) is 1.81. The topological polar surface area (TPSA) is 34.9 Å². The molecule has 0 amide bonds. The molecule has 0 saturated carbocycles. The minimum Gasteiger partial charge on any atom is -0.300 e. The van der Waals surface area contributed by atoms with Gasteiger partial charge in [0.05, 0.1) is 16.4 Å². The van der Waals surface area contributed by atoms with E-state index in [0.29, 0.717) is 18.6 Å². The SMILES string of the molecule is CCCC(=O)CCCc1c(Cl)c(C)nn1C. The lowest BCUT2D eigenvalue weighted by Crippen LogP contribution is -2.02.